The van der Waals surface area contributed by atoms with E-state index in [1.807, 2.05) is 0 Å². The molecule has 1 aromatic heterocycles. The van der Waals surface area contributed by atoms with Crippen LogP contribution in [0.2, 0.25) is 5.02 Å². The Morgan fingerprint density at radius 1 is 1.35 bits per heavy atom. The smallest absolute Gasteiger partial charge is 0.325 e. The van der Waals surface area contributed by atoms with Crippen LogP contribution in [0.15, 0.2) is 30.5 Å². The van der Waals surface area contributed by atoms with Crippen LogP contribution in [0.3, 0.4) is 0 Å². The number of nitrogens with zero attached hydrogens (tertiary/aromatic N) is 1. The molecular weight excluding hydrogens is 298 g/mol. The second-order valence-corrected chi connectivity index (χ2v) is 5.04. The monoisotopic (exact) mass is 307 g/mol. The standard InChI is InChI=1S/C13H10ClN3O2S/c14-9-3-5-10(6-4-9)16-12(19)17-13-15-8-11(20-13)2-1-7-18/h3-6,8,18H,7H2,(H2,15,16,17,19). The molecule has 0 fully saturated rings. The van der Waals surface area contributed by atoms with E-state index in [2.05, 4.69) is 27.5 Å². The molecule has 0 saturated heterocycles. The number of aliphatic hydroxyl groups is 1. The van der Waals surface area contributed by atoms with Crippen LogP contribution in [0.5, 0.6) is 0 Å². The number of hydrogen-bond acceptors (Lipinski definition) is 4. The maximum atomic E-state index is 11.7. The van der Waals surface area contributed by atoms with Crippen LogP contribution in [0.4, 0.5) is 15.6 Å². The van der Waals surface area contributed by atoms with E-state index in [4.69, 9.17) is 16.7 Å². The van der Waals surface area contributed by atoms with E-state index in [0.717, 1.165) is 0 Å². The van der Waals surface area contributed by atoms with Crippen LogP contribution in [0.1, 0.15) is 4.88 Å². The maximum absolute atomic E-state index is 11.7. The van der Waals surface area contributed by atoms with Gasteiger partial charge < -0.3 is 10.4 Å². The van der Waals surface area contributed by atoms with Crippen molar-refractivity contribution in [1.29, 1.82) is 0 Å². The van der Waals surface area contributed by atoms with E-state index < -0.39 is 6.03 Å². The maximum Gasteiger partial charge on any atom is 0.325 e. The molecule has 0 aliphatic rings. The third kappa shape index (κ3) is 4.24. The molecule has 0 unspecified atom stereocenters. The van der Waals surface area contributed by atoms with Crippen molar-refractivity contribution >= 4 is 39.8 Å². The average molecular weight is 308 g/mol. The molecule has 102 valence electrons. The number of anilines is 2. The van der Waals surface area contributed by atoms with Crippen molar-refractivity contribution in [1.82, 2.24) is 4.98 Å². The van der Waals surface area contributed by atoms with Crippen LogP contribution in [0, 0.1) is 11.8 Å². The van der Waals surface area contributed by atoms with Gasteiger partial charge in [0.25, 0.3) is 0 Å². The van der Waals surface area contributed by atoms with Crippen molar-refractivity contribution in [3.63, 3.8) is 0 Å². The first-order valence-corrected chi connectivity index (χ1v) is 6.76. The van der Waals surface area contributed by atoms with Crippen molar-refractivity contribution in [3.05, 3.63) is 40.4 Å². The van der Waals surface area contributed by atoms with Crippen LogP contribution in [0.25, 0.3) is 0 Å². The zero-order valence-electron chi connectivity index (χ0n) is 10.2. The van der Waals surface area contributed by atoms with Crippen molar-refractivity contribution in [2.24, 2.45) is 0 Å². The Hall–Kier alpha value is -2.07. The zero-order chi connectivity index (χ0) is 14.4. The summed E-state index contributed by atoms with van der Waals surface area (Å²) < 4.78 is 0. The Morgan fingerprint density at radius 2 is 2.10 bits per heavy atom. The number of thiazole rings is 1. The Morgan fingerprint density at radius 3 is 2.80 bits per heavy atom. The average Bonchev–Trinajstić information content (AvgIpc) is 2.86. The first kappa shape index (κ1) is 14.3. The molecule has 1 aromatic carbocycles. The number of carbonyl (C=O) groups excluding carboxylic acids is 1. The van der Waals surface area contributed by atoms with Gasteiger partial charge in [0, 0.05) is 10.7 Å². The first-order chi connectivity index (χ1) is 9.67. The summed E-state index contributed by atoms with van der Waals surface area (Å²) in [5, 5.41) is 14.9. The molecule has 0 saturated carbocycles. The number of aromatic nitrogens is 1. The highest BCUT2D eigenvalue weighted by Gasteiger charge is 2.06. The quantitative estimate of drug-likeness (QED) is 0.747. The van der Waals surface area contributed by atoms with Gasteiger partial charge in [-0.05, 0) is 24.3 Å². The van der Waals surface area contributed by atoms with Crippen molar-refractivity contribution in [2.45, 2.75) is 0 Å². The van der Waals surface area contributed by atoms with E-state index >= 15 is 0 Å². The van der Waals surface area contributed by atoms with Gasteiger partial charge in [-0.2, -0.15) is 0 Å². The number of rotatable bonds is 2. The number of benzene rings is 1. The number of amides is 2. The molecule has 20 heavy (non-hydrogen) atoms. The molecule has 0 spiro atoms. The molecule has 0 bridgehead atoms. The summed E-state index contributed by atoms with van der Waals surface area (Å²) in [4.78, 5) is 16.4. The lowest BCUT2D eigenvalue weighted by atomic mass is 10.3. The second-order valence-electron chi connectivity index (χ2n) is 3.58. The van der Waals surface area contributed by atoms with E-state index in [9.17, 15) is 4.79 Å². The zero-order valence-corrected chi connectivity index (χ0v) is 11.8. The molecule has 3 N–H and O–H groups in total. The number of carbonyl (C=O) groups is 1. The van der Waals surface area contributed by atoms with Gasteiger partial charge in [-0.15, -0.1) is 0 Å². The normalized spacial score (nSPS) is 9.50. The Balaban J connectivity index is 1.94. The predicted octanol–water partition coefficient (Wildman–Crippen LogP) is 2.78. The molecule has 1 heterocycles. The van der Waals surface area contributed by atoms with Gasteiger partial charge in [0.2, 0.25) is 0 Å². The first-order valence-electron chi connectivity index (χ1n) is 5.56. The van der Waals surface area contributed by atoms with Crippen molar-refractivity contribution in [2.75, 3.05) is 17.2 Å². The molecule has 0 aliphatic carbocycles. The van der Waals surface area contributed by atoms with Crippen molar-refractivity contribution in [3.8, 4) is 11.8 Å². The van der Waals surface area contributed by atoms with Crippen LogP contribution in [-0.4, -0.2) is 22.7 Å². The highest BCUT2D eigenvalue weighted by molar-refractivity contribution is 7.16. The minimum Gasteiger partial charge on any atom is -0.384 e. The molecular formula is C13H10ClN3O2S. The number of hydrogen-bond donors (Lipinski definition) is 3. The predicted molar refractivity (Wildman–Crippen MR) is 80.2 cm³/mol. The molecule has 2 rings (SSSR count). The number of halogens is 1. The Bertz CT molecular complexity index is 658. The lowest BCUT2D eigenvalue weighted by Crippen LogP contribution is -2.19. The van der Waals surface area contributed by atoms with Gasteiger partial charge in [0.05, 0.1) is 11.1 Å². The van der Waals surface area contributed by atoms with Crippen LogP contribution in [-0.2, 0) is 0 Å². The topological polar surface area (TPSA) is 74.2 Å². The number of nitrogens with one attached hydrogen (secondary N) is 2. The Kier molecular flexibility index (Phi) is 4.96. The fourth-order valence-corrected chi connectivity index (χ4v) is 2.12. The second kappa shape index (κ2) is 6.91. The SMILES string of the molecule is O=C(Nc1ccc(Cl)cc1)Nc1ncc(C#CCO)s1. The third-order valence-electron chi connectivity index (χ3n) is 2.12. The fourth-order valence-electron chi connectivity index (χ4n) is 1.31. The molecule has 2 amide bonds. The summed E-state index contributed by atoms with van der Waals surface area (Å²) in [6, 6.07) is 6.36. The fraction of sp³-hybridized carbons (Fsp3) is 0.0769. The molecule has 0 radical (unpaired) electrons. The van der Waals surface area contributed by atoms with Gasteiger partial charge in [0.1, 0.15) is 6.61 Å². The van der Waals surface area contributed by atoms with Crippen LogP contribution >= 0.6 is 22.9 Å². The van der Waals surface area contributed by atoms with Crippen LogP contribution < -0.4 is 10.6 Å². The summed E-state index contributed by atoms with van der Waals surface area (Å²) in [5.74, 6) is 5.22. The summed E-state index contributed by atoms with van der Waals surface area (Å²) in [6.45, 7) is -0.211. The van der Waals surface area contributed by atoms with Gasteiger partial charge >= 0.3 is 6.03 Å². The van der Waals surface area contributed by atoms with Gasteiger partial charge in [-0.25, -0.2) is 9.78 Å². The summed E-state index contributed by atoms with van der Waals surface area (Å²) in [6.07, 6.45) is 1.53. The van der Waals surface area contributed by atoms with E-state index in [1.165, 1.54) is 17.5 Å². The molecule has 5 nitrogen and oxygen atoms in total. The summed E-state index contributed by atoms with van der Waals surface area (Å²) in [5.41, 5.74) is 0.628. The lowest BCUT2D eigenvalue weighted by Gasteiger charge is -2.04. The minimum absolute atomic E-state index is 0.211. The van der Waals surface area contributed by atoms with Gasteiger partial charge in [-0.1, -0.05) is 34.8 Å². The summed E-state index contributed by atoms with van der Waals surface area (Å²) >= 11 is 6.98. The highest BCUT2D eigenvalue weighted by Crippen LogP contribution is 2.18. The molecule has 2 aromatic rings. The highest BCUT2D eigenvalue weighted by atomic mass is 35.5. The van der Waals surface area contributed by atoms with Gasteiger partial charge in [-0.3, -0.25) is 5.32 Å². The Labute approximate surface area is 124 Å². The molecule has 0 atom stereocenters. The number of urea groups is 1. The van der Waals surface area contributed by atoms with Crippen molar-refractivity contribution < 1.29 is 9.90 Å². The van der Waals surface area contributed by atoms with Gasteiger partial charge in [0.15, 0.2) is 5.13 Å². The number of aliphatic hydroxyl groups excluding tert-OH is 1. The minimum atomic E-state index is -0.400. The largest absolute Gasteiger partial charge is 0.384 e. The molecule has 7 heteroatoms. The van der Waals surface area contributed by atoms with E-state index in [0.29, 0.717) is 20.7 Å². The molecule has 0 aliphatic heterocycles. The van der Waals surface area contributed by atoms with E-state index in [1.54, 1.807) is 24.3 Å². The summed E-state index contributed by atoms with van der Waals surface area (Å²) in [7, 11) is 0. The van der Waals surface area contributed by atoms with E-state index in [-0.39, 0.29) is 6.61 Å². The lowest BCUT2D eigenvalue weighted by molar-refractivity contribution is 0.262. The third-order valence-corrected chi connectivity index (χ3v) is 3.20.